The van der Waals surface area contributed by atoms with Crippen molar-refractivity contribution in [3.63, 3.8) is 0 Å². The fraction of sp³-hybridized carbons (Fsp3) is 0.667. The quantitative estimate of drug-likeness (QED) is 0.750. The maximum absolute atomic E-state index is 6.27. The van der Waals surface area contributed by atoms with E-state index in [1.165, 1.54) is 30.6 Å². The summed E-state index contributed by atoms with van der Waals surface area (Å²) in [6, 6.07) is 8.88. The molecule has 3 heteroatoms. The summed E-state index contributed by atoms with van der Waals surface area (Å²) in [4.78, 5) is 1.28. The Balaban J connectivity index is 1.93. The van der Waals surface area contributed by atoms with Gasteiger partial charge in [-0.2, -0.15) is 0 Å². The lowest BCUT2D eigenvalue weighted by molar-refractivity contribution is 0.158. The lowest BCUT2D eigenvalue weighted by Crippen LogP contribution is -2.46. The molecule has 0 spiro atoms. The van der Waals surface area contributed by atoms with Crippen LogP contribution in [-0.2, 0) is 0 Å². The molecule has 1 N–H and O–H groups in total. The van der Waals surface area contributed by atoms with Crippen molar-refractivity contribution in [2.24, 2.45) is 5.92 Å². The van der Waals surface area contributed by atoms with Gasteiger partial charge in [-0.15, -0.1) is 11.8 Å². The maximum Gasteiger partial charge on any atom is 0.133 e. The fourth-order valence-electron chi connectivity index (χ4n) is 2.73. The predicted octanol–water partition coefficient (Wildman–Crippen LogP) is 4.73. The zero-order valence-corrected chi connectivity index (χ0v) is 14.4. The summed E-state index contributed by atoms with van der Waals surface area (Å²) in [5.41, 5.74) is 0. The largest absolute Gasteiger partial charge is 0.487 e. The molecule has 0 radical (unpaired) electrons. The van der Waals surface area contributed by atoms with Crippen LogP contribution >= 0.6 is 11.8 Å². The van der Waals surface area contributed by atoms with Crippen molar-refractivity contribution in [1.29, 1.82) is 0 Å². The van der Waals surface area contributed by atoms with Crippen LogP contribution in [-0.4, -0.2) is 24.4 Å². The molecule has 1 aromatic carbocycles. The summed E-state index contributed by atoms with van der Waals surface area (Å²) in [6.45, 7) is 7.91. The van der Waals surface area contributed by atoms with E-state index in [2.05, 4.69) is 50.4 Å². The first kappa shape index (κ1) is 16.7. The van der Waals surface area contributed by atoms with Gasteiger partial charge in [0.25, 0.3) is 0 Å². The number of para-hydroxylation sites is 1. The Morgan fingerprint density at radius 1 is 1.29 bits per heavy atom. The number of rotatable bonds is 8. The van der Waals surface area contributed by atoms with Gasteiger partial charge in [0.05, 0.1) is 0 Å². The molecule has 21 heavy (non-hydrogen) atoms. The van der Waals surface area contributed by atoms with Gasteiger partial charge in [0.2, 0.25) is 0 Å². The van der Waals surface area contributed by atoms with Gasteiger partial charge < -0.3 is 10.1 Å². The van der Waals surface area contributed by atoms with Gasteiger partial charge >= 0.3 is 0 Å². The Morgan fingerprint density at radius 3 is 2.86 bits per heavy atom. The third kappa shape index (κ3) is 5.23. The first-order chi connectivity index (χ1) is 10.2. The van der Waals surface area contributed by atoms with Crippen LogP contribution in [0.5, 0.6) is 5.75 Å². The summed E-state index contributed by atoms with van der Waals surface area (Å²) >= 11 is 1.93. The molecule has 0 fully saturated rings. The van der Waals surface area contributed by atoms with Crippen molar-refractivity contribution in [2.75, 3.05) is 12.3 Å². The van der Waals surface area contributed by atoms with E-state index in [-0.39, 0.29) is 0 Å². The Kier molecular flexibility index (Phi) is 6.91. The molecule has 0 saturated carbocycles. The number of benzene rings is 1. The first-order valence-corrected chi connectivity index (χ1v) is 9.31. The highest BCUT2D eigenvalue weighted by Gasteiger charge is 2.27. The minimum absolute atomic E-state index is 0.295. The molecule has 2 atom stereocenters. The van der Waals surface area contributed by atoms with Crippen molar-refractivity contribution in [1.82, 2.24) is 5.32 Å². The van der Waals surface area contributed by atoms with Gasteiger partial charge in [-0.3, -0.25) is 0 Å². The van der Waals surface area contributed by atoms with E-state index >= 15 is 0 Å². The molecule has 2 rings (SSSR count). The number of hydrogen-bond acceptors (Lipinski definition) is 3. The lowest BCUT2D eigenvalue weighted by atomic mass is 10.00. The summed E-state index contributed by atoms with van der Waals surface area (Å²) in [5, 5.41) is 3.71. The summed E-state index contributed by atoms with van der Waals surface area (Å²) in [7, 11) is 0. The Bertz CT molecular complexity index is 421. The number of hydrogen-bond donors (Lipinski definition) is 1. The minimum atomic E-state index is 0.295. The van der Waals surface area contributed by atoms with Crippen LogP contribution in [0.2, 0.25) is 0 Å². The van der Waals surface area contributed by atoms with Crippen LogP contribution in [0, 0.1) is 5.92 Å². The average Bonchev–Trinajstić information content (AvgIpc) is 2.50. The molecule has 118 valence electrons. The van der Waals surface area contributed by atoms with Gasteiger partial charge in [0.1, 0.15) is 11.9 Å². The molecule has 1 aromatic rings. The van der Waals surface area contributed by atoms with Crippen LogP contribution in [0.15, 0.2) is 29.2 Å². The number of nitrogens with one attached hydrogen (secondary N) is 1. The van der Waals surface area contributed by atoms with Gasteiger partial charge in [-0.1, -0.05) is 45.7 Å². The molecular formula is C18H29NOS. The van der Waals surface area contributed by atoms with Crippen molar-refractivity contribution in [3.8, 4) is 5.75 Å². The highest BCUT2D eigenvalue weighted by molar-refractivity contribution is 7.99. The van der Waals surface area contributed by atoms with Crippen LogP contribution in [0.1, 0.15) is 46.5 Å². The van der Waals surface area contributed by atoms with Crippen LogP contribution in [0.4, 0.5) is 0 Å². The SMILES string of the molecule is CCCNC(CCCC(C)C)C1CSc2ccccc2O1. The summed E-state index contributed by atoms with van der Waals surface area (Å²) in [6.07, 6.45) is 5.28. The number of thioether (sulfide) groups is 1. The second kappa shape index (κ2) is 8.70. The zero-order chi connectivity index (χ0) is 15.1. The van der Waals surface area contributed by atoms with E-state index in [0.717, 1.165) is 24.0 Å². The zero-order valence-electron chi connectivity index (χ0n) is 13.6. The molecule has 1 aliphatic heterocycles. The summed E-state index contributed by atoms with van der Waals surface area (Å²) in [5.74, 6) is 2.91. The molecule has 0 bridgehead atoms. The van der Waals surface area contributed by atoms with Gasteiger partial charge in [0, 0.05) is 16.7 Å². The molecular weight excluding hydrogens is 278 g/mol. The molecule has 2 unspecified atom stereocenters. The van der Waals surface area contributed by atoms with E-state index in [9.17, 15) is 0 Å². The molecule has 1 heterocycles. The van der Waals surface area contributed by atoms with E-state index < -0.39 is 0 Å². The molecule has 1 aliphatic rings. The fourth-order valence-corrected chi connectivity index (χ4v) is 3.81. The van der Waals surface area contributed by atoms with E-state index in [0.29, 0.717) is 12.1 Å². The number of ether oxygens (including phenoxy) is 1. The van der Waals surface area contributed by atoms with Crippen LogP contribution in [0.25, 0.3) is 0 Å². The molecule has 2 nitrogen and oxygen atoms in total. The average molecular weight is 308 g/mol. The van der Waals surface area contributed by atoms with E-state index in [1.54, 1.807) is 0 Å². The van der Waals surface area contributed by atoms with Crippen molar-refractivity contribution >= 4 is 11.8 Å². The highest BCUT2D eigenvalue weighted by atomic mass is 32.2. The third-order valence-corrected chi connectivity index (χ3v) is 5.08. The normalized spacial score (nSPS) is 19.1. The van der Waals surface area contributed by atoms with Gasteiger partial charge in [-0.25, -0.2) is 0 Å². The second-order valence-electron chi connectivity index (χ2n) is 6.30. The first-order valence-electron chi connectivity index (χ1n) is 8.32. The molecule has 0 saturated heterocycles. The maximum atomic E-state index is 6.27. The van der Waals surface area contributed by atoms with Crippen LogP contribution < -0.4 is 10.1 Å². The third-order valence-electron chi connectivity index (χ3n) is 3.93. The highest BCUT2D eigenvalue weighted by Crippen LogP contribution is 2.36. The number of fused-ring (bicyclic) bond motifs is 1. The molecule has 0 aromatic heterocycles. The monoisotopic (exact) mass is 307 g/mol. The van der Waals surface area contributed by atoms with E-state index in [1.807, 2.05) is 11.8 Å². The topological polar surface area (TPSA) is 21.3 Å². The minimum Gasteiger partial charge on any atom is -0.487 e. The molecule has 0 amide bonds. The molecule has 0 aliphatic carbocycles. The summed E-state index contributed by atoms with van der Waals surface area (Å²) < 4.78 is 6.27. The van der Waals surface area contributed by atoms with Crippen molar-refractivity contribution in [3.05, 3.63) is 24.3 Å². The second-order valence-corrected chi connectivity index (χ2v) is 7.36. The smallest absolute Gasteiger partial charge is 0.133 e. The Labute approximate surface area is 134 Å². The van der Waals surface area contributed by atoms with Crippen molar-refractivity contribution in [2.45, 2.75) is 63.5 Å². The Morgan fingerprint density at radius 2 is 2.10 bits per heavy atom. The lowest BCUT2D eigenvalue weighted by Gasteiger charge is -2.32. The standard InChI is InChI=1S/C18H29NOS/c1-4-12-19-15(9-7-8-14(2)3)17-13-21-18-11-6-5-10-16(18)20-17/h5-6,10-11,14-15,17,19H,4,7-9,12-13H2,1-3H3. The van der Waals surface area contributed by atoms with Gasteiger partial charge in [0.15, 0.2) is 0 Å². The van der Waals surface area contributed by atoms with E-state index in [4.69, 9.17) is 4.74 Å². The predicted molar refractivity (Wildman–Crippen MR) is 92.4 cm³/mol. The van der Waals surface area contributed by atoms with Crippen molar-refractivity contribution < 1.29 is 4.74 Å². The Hall–Kier alpha value is -0.670. The van der Waals surface area contributed by atoms with Gasteiger partial charge in [-0.05, 0) is 37.4 Å². The van der Waals surface area contributed by atoms with Crippen LogP contribution in [0.3, 0.4) is 0 Å².